The van der Waals surface area contributed by atoms with Crippen LogP contribution in [0.2, 0.25) is 0 Å². The van der Waals surface area contributed by atoms with E-state index in [1.165, 1.54) is 6.07 Å². The van der Waals surface area contributed by atoms with E-state index in [-0.39, 0.29) is 11.3 Å². The zero-order valence-electron chi connectivity index (χ0n) is 10.0. The van der Waals surface area contributed by atoms with Gasteiger partial charge in [0.2, 0.25) is 0 Å². The maximum Gasteiger partial charge on any atom is 0.163 e. The van der Waals surface area contributed by atoms with Gasteiger partial charge in [-0.3, -0.25) is 11.3 Å². The standard InChI is InChI=1S/C12H16F2N2S2/c1-7-12(18-6-5-17-7)11(16-15)8-3-2-4-9(13)10(8)14/h2-4,7,11-12,16H,5-6,15H2,1H3. The molecule has 3 N–H and O–H groups in total. The van der Waals surface area contributed by atoms with Gasteiger partial charge in [0.25, 0.3) is 0 Å². The Morgan fingerprint density at radius 2 is 2.06 bits per heavy atom. The van der Waals surface area contributed by atoms with E-state index in [2.05, 4.69) is 12.3 Å². The topological polar surface area (TPSA) is 38.0 Å². The van der Waals surface area contributed by atoms with Crippen LogP contribution in [0, 0.1) is 11.6 Å². The zero-order chi connectivity index (χ0) is 13.1. The first-order valence-electron chi connectivity index (χ1n) is 5.78. The molecule has 0 amide bonds. The second-order valence-corrected chi connectivity index (χ2v) is 6.97. The maximum atomic E-state index is 13.8. The van der Waals surface area contributed by atoms with Gasteiger partial charge < -0.3 is 0 Å². The van der Waals surface area contributed by atoms with Crippen molar-refractivity contribution in [3.63, 3.8) is 0 Å². The highest BCUT2D eigenvalue weighted by Crippen LogP contribution is 2.39. The number of nitrogens with one attached hydrogen (secondary N) is 1. The minimum absolute atomic E-state index is 0.144. The third-order valence-corrected chi connectivity index (χ3v) is 6.26. The molecule has 0 bridgehead atoms. The second kappa shape index (κ2) is 6.23. The molecule has 1 aliphatic heterocycles. The van der Waals surface area contributed by atoms with Crippen LogP contribution in [-0.2, 0) is 0 Å². The summed E-state index contributed by atoms with van der Waals surface area (Å²) in [5, 5.41) is 0.498. The van der Waals surface area contributed by atoms with Crippen LogP contribution in [0.25, 0.3) is 0 Å². The molecule has 2 rings (SSSR count). The van der Waals surface area contributed by atoms with Crippen molar-refractivity contribution in [1.82, 2.24) is 5.43 Å². The van der Waals surface area contributed by atoms with Crippen molar-refractivity contribution in [3.8, 4) is 0 Å². The number of rotatable bonds is 3. The van der Waals surface area contributed by atoms with E-state index in [1.807, 2.05) is 11.8 Å². The largest absolute Gasteiger partial charge is 0.271 e. The summed E-state index contributed by atoms with van der Waals surface area (Å²) in [7, 11) is 0. The molecule has 0 radical (unpaired) electrons. The number of halogens is 2. The number of benzene rings is 1. The third kappa shape index (κ3) is 2.82. The SMILES string of the molecule is CC1SCCSC1C(NN)c1cccc(F)c1F. The number of hydrogen-bond acceptors (Lipinski definition) is 4. The van der Waals surface area contributed by atoms with Gasteiger partial charge in [-0.1, -0.05) is 19.1 Å². The van der Waals surface area contributed by atoms with E-state index < -0.39 is 11.6 Å². The van der Waals surface area contributed by atoms with Crippen LogP contribution < -0.4 is 11.3 Å². The lowest BCUT2D eigenvalue weighted by Crippen LogP contribution is -2.41. The Morgan fingerprint density at radius 3 is 2.72 bits per heavy atom. The first-order chi connectivity index (χ1) is 8.65. The molecule has 3 atom stereocenters. The highest BCUT2D eigenvalue weighted by atomic mass is 32.2. The van der Waals surface area contributed by atoms with Crippen molar-refractivity contribution >= 4 is 23.5 Å². The highest BCUT2D eigenvalue weighted by molar-refractivity contribution is 8.07. The predicted molar refractivity (Wildman–Crippen MR) is 74.6 cm³/mol. The van der Waals surface area contributed by atoms with Gasteiger partial charge in [-0.15, -0.1) is 0 Å². The number of thioether (sulfide) groups is 2. The summed E-state index contributed by atoms with van der Waals surface area (Å²) in [5.74, 6) is 6.03. The molecule has 0 aliphatic carbocycles. The van der Waals surface area contributed by atoms with Crippen molar-refractivity contribution in [2.45, 2.75) is 23.5 Å². The normalized spacial score (nSPS) is 26.0. The molecular weight excluding hydrogens is 274 g/mol. The molecule has 1 fully saturated rings. The smallest absolute Gasteiger partial charge is 0.163 e. The fourth-order valence-corrected chi connectivity index (χ4v) is 5.06. The van der Waals surface area contributed by atoms with Crippen LogP contribution in [0.4, 0.5) is 8.78 Å². The van der Waals surface area contributed by atoms with E-state index in [0.717, 1.165) is 17.6 Å². The van der Waals surface area contributed by atoms with E-state index in [1.54, 1.807) is 17.8 Å². The van der Waals surface area contributed by atoms with Gasteiger partial charge in [0.1, 0.15) is 0 Å². The van der Waals surface area contributed by atoms with Gasteiger partial charge in [-0.25, -0.2) is 8.78 Å². The van der Waals surface area contributed by atoms with Crippen LogP contribution >= 0.6 is 23.5 Å². The van der Waals surface area contributed by atoms with E-state index in [9.17, 15) is 8.78 Å². The van der Waals surface area contributed by atoms with Gasteiger partial charge >= 0.3 is 0 Å². The third-order valence-electron chi connectivity index (χ3n) is 3.06. The molecule has 1 saturated heterocycles. The molecule has 1 aromatic carbocycles. The van der Waals surface area contributed by atoms with Crippen LogP contribution in [0.5, 0.6) is 0 Å². The molecule has 100 valence electrons. The first kappa shape index (κ1) is 14.1. The van der Waals surface area contributed by atoms with Crippen LogP contribution in [-0.4, -0.2) is 22.0 Å². The molecule has 2 nitrogen and oxygen atoms in total. The van der Waals surface area contributed by atoms with Gasteiger partial charge in [0.05, 0.1) is 6.04 Å². The summed E-state index contributed by atoms with van der Waals surface area (Å²) in [6.07, 6.45) is 0. The Kier molecular flexibility index (Phi) is 4.89. The number of hydrazine groups is 1. The molecule has 0 aromatic heterocycles. The number of hydrogen-bond donors (Lipinski definition) is 2. The van der Waals surface area contributed by atoms with Crippen molar-refractivity contribution in [2.24, 2.45) is 5.84 Å². The van der Waals surface area contributed by atoms with Crippen LogP contribution in [0.3, 0.4) is 0 Å². The van der Waals surface area contributed by atoms with Gasteiger partial charge in [-0.2, -0.15) is 23.5 Å². The Balaban J connectivity index is 2.29. The van der Waals surface area contributed by atoms with Crippen LogP contribution in [0.15, 0.2) is 18.2 Å². The van der Waals surface area contributed by atoms with Crippen molar-refractivity contribution in [3.05, 3.63) is 35.4 Å². The molecule has 1 heterocycles. The summed E-state index contributed by atoms with van der Waals surface area (Å²) in [6.45, 7) is 2.10. The summed E-state index contributed by atoms with van der Waals surface area (Å²) < 4.78 is 27.1. The van der Waals surface area contributed by atoms with Gasteiger partial charge in [0.15, 0.2) is 11.6 Å². The van der Waals surface area contributed by atoms with Gasteiger partial charge in [-0.05, 0) is 6.07 Å². The summed E-state index contributed by atoms with van der Waals surface area (Å²) >= 11 is 3.60. The van der Waals surface area contributed by atoms with Crippen molar-refractivity contribution < 1.29 is 8.78 Å². The minimum Gasteiger partial charge on any atom is -0.271 e. The average Bonchev–Trinajstić information content (AvgIpc) is 2.37. The molecule has 3 unspecified atom stereocenters. The van der Waals surface area contributed by atoms with Crippen LogP contribution in [0.1, 0.15) is 18.5 Å². The number of nitrogens with two attached hydrogens (primary N) is 1. The Morgan fingerprint density at radius 1 is 1.33 bits per heavy atom. The fourth-order valence-electron chi connectivity index (χ4n) is 2.14. The summed E-state index contributed by atoms with van der Waals surface area (Å²) in [6, 6.07) is 3.87. The first-order valence-corrected chi connectivity index (χ1v) is 7.88. The van der Waals surface area contributed by atoms with E-state index in [0.29, 0.717) is 10.8 Å². The lowest BCUT2D eigenvalue weighted by atomic mass is 10.0. The molecule has 6 heteroatoms. The summed E-state index contributed by atoms with van der Waals surface area (Å²) in [4.78, 5) is 0. The molecule has 1 aliphatic rings. The predicted octanol–water partition coefficient (Wildman–Crippen LogP) is 2.71. The molecule has 0 saturated carbocycles. The van der Waals surface area contributed by atoms with E-state index >= 15 is 0 Å². The lowest BCUT2D eigenvalue weighted by molar-refractivity contribution is 0.457. The van der Waals surface area contributed by atoms with Crippen molar-refractivity contribution in [1.29, 1.82) is 0 Å². The second-order valence-electron chi connectivity index (χ2n) is 4.20. The monoisotopic (exact) mass is 290 g/mol. The maximum absolute atomic E-state index is 13.8. The Bertz CT molecular complexity index is 417. The molecular formula is C12H16F2N2S2. The quantitative estimate of drug-likeness (QED) is 0.663. The van der Waals surface area contributed by atoms with Crippen molar-refractivity contribution in [2.75, 3.05) is 11.5 Å². The summed E-state index contributed by atoms with van der Waals surface area (Å²) in [5.41, 5.74) is 2.96. The Hall–Kier alpha value is -0.300. The fraction of sp³-hybridized carbons (Fsp3) is 0.500. The molecule has 0 spiro atoms. The Labute approximate surface area is 114 Å². The average molecular weight is 290 g/mol. The zero-order valence-corrected chi connectivity index (χ0v) is 11.7. The minimum atomic E-state index is -0.825. The van der Waals surface area contributed by atoms with Gasteiger partial charge in [0, 0.05) is 27.6 Å². The lowest BCUT2D eigenvalue weighted by Gasteiger charge is -2.34. The molecule has 18 heavy (non-hydrogen) atoms. The highest BCUT2D eigenvalue weighted by Gasteiger charge is 2.32. The van der Waals surface area contributed by atoms with E-state index in [4.69, 9.17) is 5.84 Å². The molecule has 1 aromatic rings.